The van der Waals surface area contributed by atoms with Gasteiger partial charge in [0.2, 0.25) is 0 Å². The number of aromatic nitrogens is 1. The first-order valence-electron chi connectivity index (χ1n) is 8.22. The van der Waals surface area contributed by atoms with Crippen LogP contribution in [0.15, 0.2) is 40.2 Å². The Morgan fingerprint density at radius 3 is 2.79 bits per heavy atom. The predicted octanol–water partition coefficient (Wildman–Crippen LogP) is 4.96. The first kappa shape index (κ1) is 15.9. The lowest BCUT2D eigenvalue weighted by molar-refractivity contribution is 0.0943. The van der Waals surface area contributed by atoms with Crippen molar-refractivity contribution in [3.8, 4) is 0 Å². The number of rotatable bonds is 5. The van der Waals surface area contributed by atoms with E-state index in [4.69, 9.17) is 0 Å². The number of nitrogens with zero attached hydrogens (tertiary/aromatic N) is 1. The molecule has 0 aliphatic heterocycles. The second kappa shape index (κ2) is 6.37. The van der Waals surface area contributed by atoms with Crippen molar-refractivity contribution in [2.75, 3.05) is 6.54 Å². The minimum Gasteiger partial charge on any atom is -0.350 e. The average Bonchev–Trinajstić information content (AvgIpc) is 3.24. The van der Waals surface area contributed by atoms with Crippen LogP contribution in [0.4, 0.5) is 0 Å². The van der Waals surface area contributed by atoms with Gasteiger partial charge in [-0.05, 0) is 53.2 Å². The second-order valence-corrected chi connectivity index (χ2v) is 8.32. The number of nitrogens with one attached hydrogen (secondary N) is 1. The molecule has 24 heavy (non-hydrogen) atoms. The number of halogens is 1. The van der Waals surface area contributed by atoms with Gasteiger partial charge in [0.1, 0.15) is 5.69 Å². The molecule has 0 radical (unpaired) electrons. The van der Waals surface area contributed by atoms with E-state index in [2.05, 4.69) is 62.4 Å². The summed E-state index contributed by atoms with van der Waals surface area (Å²) in [7, 11) is 0. The van der Waals surface area contributed by atoms with Crippen molar-refractivity contribution in [2.24, 2.45) is 5.92 Å². The Labute approximate surface area is 153 Å². The van der Waals surface area contributed by atoms with Crippen LogP contribution in [0.3, 0.4) is 0 Å². The third-order valence-corrected chi connectivity index (χ3v) is 6.35. The molecule has 2 heterocycles. The van der Waals surface area contributed by atoms with Crippen LogP contribution in [0.1, 0.15) is 34.5 Å². The van der Waals surface area contributed by atoms with Gasteiger partial charge in [-0.2, -0.15) is 0 Å². The van der Waals surface area contributed by atoms with Crippen LogP contribution in [-0.2, 0) is 6.54 Å². The van der Waals surface area contributed by atoms with Gasteiger partial charge in [0.15, 0.2) is 0 Å². The predicted molar refractivity (Wildman–Crippen MR) is 103 cm³/mol. The number of carbonyl (C=O) groups is 1. The summed E-state index contributed by atoms with van der Waals surface area (Å²) in [5.41, 5.74) is 4.30. The van der Waals surface area contributed by atoms with Crippen LogP contribution >= 0.6 is 27.3 Å². The molecule has 1 N–H and O–H groups in total. The maximum atomic E-state index is 12.7. The molecule has 0 atom stereocenters. The van der Waals surface area contributed by atoms with Gasteiger partial charge in [0, 0.05) is 18.5 Å². The van der Waals surface area contributed by atoms with E-state index in [1.165, 1.54) is 24.0 Å². The zero-order valence-electron chi connectivity index (χ0n) is 13.5. The van der Waals surface area contributed by atoms with Crippen molar-refractivity contribution in [2.45, 2.75) is 26.3 Å². The number of fused-ring (bicyclic) bond motifs is 1. The van der Waals surface area contributed by atoms with E-state index in [1.54, 1.807) is 11.3 Å². The molecule has 0 saturated heterocycles. The molecule has 3 nitrogen and oxygen atoms in total. The molecule has 1 aromatic carbocycles. The number of hydrogen-bond acceptors (Lipinski definition) is 2. The van der Waals surface area contributed by atoms with Crippen LogP contribution in [0, 0.1) is 12.8 Å². The third-order valence-electron chi connectivity index (χ3n) is 4.52. The summed E-state index contributed by atoms with van der Waals surface area (Å²) in [5, 5.41) is 5.18. The zero-order chi connectivity index (χ0) is 16.7. The Morgan fingerprint density at radius 1 is 1.33 bits per heavy atom. The summed E-state index contributed by atoms with van der Waals surface area (Å²) in [6.45, 7) is 3.58. The van der Waals surface area contributed by atoms with Crippen molar-refractivity contribution in [3.63, 3.8) is 0 Å². The molecule has 1 amide bonds. The molecule has 4 rings (SSSR count). The van der Waals surface area contributed by atoms with E-state index in [1.807, 2.05) is 6.07 Å². The van der Waals surface area contributed by atoms with Crippen LogP contribution in [-0.4, -0.2) is 17.0 Å². The van der Waals surface area contributed by atoms with E-state index >= 15 is 0 Å². The fourth-order valence-electron chi connectivity index (χ4n) is 2.91. The molecule has 1 saturated carbocycles. The normalized spacial score (nSPS) is 14.2. The molecule has 0 bridgehead atoms. The van der Waals surface area contributed by atoms with Gasteiger partial charge < -0.3 is 9.88 Å². The number of hydrogen-bond donors (Lipinski definition) is 1. The van der Waals surface area contributed by atoms with E-state index in [0.717, 1.165) is 26.9 Å². The summed E-state index contributed by atoms with van der Waals surface area (Å²) < 4.78 is 4.32. The monoisotopic (exact) mass is 402 g/mol. The van der Waals surface area contributed by atoms with Gasteiger partial charge in [-0.25, -0.2) is 0 Å². The summed E-state index contributed by atoms with van der Waals surface area (Å²) in [4.78, 5) is 12.7. The number of amides is 1. The van der Waals surface area contributed by atoms with Crippen molar-refractivity contribution >= 4 is 43.4 Å². The standard InChI is InChI=1S/C19H19BrN2OS/c1-12-2-4-14(5-3-12)10-22-16(19(23)21-9-13-6-7-13)8-17-18(22)15(20)11-24-17/h2-5,8,11,13H,6-7,9-10H2,1H3,(H,21,23). The fourth-order valence-corrected chi connectivity index (χ4v) is 4.60. The molecular formula is C19H19BrN2OS. The average molecular weight is 403 g/mol. The van der Waals surface area contributed by atoms with Gasteiger partial charge in [-0.1, -0.05) is 29.8 Å². The van der Waals surface area contributed by atoms with Gasteiger partial charge in [-0.3, -0.25) is 4.79 Å². The topological polar surface area (TPSA) is 34.0 Å². The first-order chi connectivity index (χ1) is 11.6. The quantitative estimate of drug-likeness (QED) is 0.642. The van der Waals surface area contributed by atoms with Crippen molar-refractivity contribution in [3.05, 3.63) is 57.0 Å². The molecule has 124 valence electrons. The maximum Gasteiger partial charge on any atom is 0.267 e. The van der Waals surface area contributed by atoms with E-state index in [9.17, 15) is 4.79 Å². The highest BCUT2D eigenvalue weighted by Crippen LogP contribution is 2.34. The van der Waals surface area contributed by atoms with E-state index in [-0.39, 0.29) is 5.91 Å². The Kier molecular flexibility index (Phi) is 4.22. The number of benzene rings is 1. The van der Waals surface area contributed by atoms with Crippen LogP contribution in [0.25, 0.3) is 10.2 Å². The highest BCUT2D eigenvalue weighted by atomic mass is 79.9. The van der Waals surface area contributed by atoms with Crippen LogP contribution < -0.4 is 5.32 Å². The summed E-state index contributed by atoms with van der Waals surface area (Å²) in [5.74, 6) is 0.714. The highest BCUT2D eigenvalue weighted by molar-refractivity contribution is 9.10. The molecule has 1 aliphatic carbocycles. The van der Waals surface area contributed by atoms with Crippen molar-refractivity contribution < 1.29 is 4.79 Å². The minimum absolute atomic E-state index is 0.0318. The second-order valence-electron chi connectivity index (χ2n) is 6.55. The van der Waals surface area contributed by atoms with Crippen LogP contribution in [0.5, 0.6) is 0 Å². The SMILES string of the molecule is Cc1ccc(Cn2c(C(=O)NCC3CC3)cc3scc(Br)c32)cc1. The Hall–Kier alpha value is -1.59. The van der Waals surface area contributed by atoms with Gasteiger partial charge in [-0.15, -0.1) is 11.3 Å². The summed E-state index contributed by atoms with van der Waals surface area (Å²) in [6.07, 6.45) is 2.48. The molecule has 3 aromatic rings. The van der Waals surface area contributed by atoms with E-state index < -0.39 is 0 Å². The lowest BCUT2D eigenvalue weighted by Crippen LogP contribution is -2.27. The molecule has 1 fully saturated rings. The summed E-state index contributed by atoms with van der Waals surface area (Å²) >= 11 is 5.30. The largest absolute Gasteiger partial charge is 0.350 e. The maximum absolute atomic E-state index is 12.7. The van der Waals surface area contributed by atoms with Gasteiger partial charge in [0.25, 0.3) is 5.91 Å². The van der Waals surface area contributed by atoms with Gasteiger partial charge >= 0.3 is 0 Å². The highest BCUT2D eigenvalue weighted by Gasteiger charge is 2.24. The first-order valence-corrected chi connectivity index (χ1v) is 9.89. The van der Waals surface area contributed by atoms with Crippen LogP contribution in [0.2, 0.25) is 0 Å². The molecule has 0 unspecified atom stereocenters. The van der Waals surface area contributed by atoms with Crippen molar-refractivity contribution in [1.82, 2.24) is 9.88 Å². The fraction of sp³-hybridized carbons (Fsp3) is 0.316. The number of thiophene rings is 1. The zero-order valence-corrected chi connectivity index (χ0v) is 15.9. The minimum atomic E-state index is 0.0318. The molecule has 5 heteroatoms. The molecule has 0 spiro atoms. The van der Waals surface area contributed by atoms with Gasteiger partial charge in [0.05, 0.1) is 14.7 Å². The smallest absolute Gasteiger partial charge is 0.267 e. The van der Waals surface area contributed by atoms with Crippen molar-refractivity contribution in [1.29, 1.82) is 0 Å². The molecule has 1 aliphatic rings. The molecular weight excluding hydrogens is 384 g/mol. The summed E-state index contributed by atoms with van der Waals surface area (Å²) in [6, 6.07) is 10.5. The number of carbonyl (C=O) groups excluding carboxylic acids is 1. The lowest BCUT2D eigenvalue weighted by atomic mass is 10.1. The molecule has 2 aromatic heterocycles. The number of aryl methyl sites for hydroxylation is 1. The Bertz CT molecular complexity index is 890. The van der Waals surface area contributed by atoms with E-state index in [0.29, 0.717) is 12.5 Å². The Balaban J connectivity index is 1.69. The third kappa shape index (κ3) is 3.15. The Morgan fingerprint density at radius 2 is 2.08 bits per heavy atom. The lowest BCUT2D eigenvalue weighted by Gasteiger charge is -2.11.